The molecule has 3 heteroatoms. The molecule has 0 radical (unpaired) electrons. The van der Waals surface area contributed by atoms with Gasteiger partial charge in [-0.3, -0.25) is 0 Å². The van der Waals surface area contributed by atoms with Crippen LogP contribution in [0.2, 0.25) is 0 Å². The van der Waals surface area contributed by atoms with Crippen LogP contribution in [0.4, 0.5) is 0 Å². The van der Waals surface area contributed by atoms with Crippen LogP contribution in [0.1, 0.15) is 26.2 Å². The summed E-state index contributed by atoms with van der Waals surface area (Å²) in [6.45, 7) is 2.78. The zero-order valence-electron chi connectivity index (χ0n) is 7.55. The third-order valence-electron chi connectivity index (χ3n) is 2.02. The lowest BCUT2D eigenvalue weighted by atomic mass is 10.1. The summed E-state index contributed by atoms with van der Waals surface area (Å²) in [6, 6.07) is 2.00. The minimum absolute atomic E-state index is 0.343. The lowest BCUT2D eigenvalue weighted by Crippen LogP contribution is -2.39. The van der Waals surface area contributed by atoms with Crippen LogP contribution < -0.4 is 5.73 Å². The molecule has 0 bridgehead atoms. The van der Waals surface area contributed by atoms with E-state index in [0.29, 0.717) is 6.61 Å². The Labute approximate surface area is 73.5 Å². The minimum Gasteiger partial charge on any atom is -0.378 e. The molecule has 0 amide bonds. The first-order valence-corrected chi connectivity index (χ1v) is 4.42. The van der Waals surface area contributed by atoms with Crippen molar-refractivity contribution in [2.45, 2.75) is 31.7 Å². The van der Waals surface area contributed by atoms with E-state index in [9.17, 15) is 0 Å². The highest BCUT2D eigenvalue weighted by molar-refractivity contribution is 5.00. The first-order chi connectivity index (χ1) is 5.64. The van der Waals surface area contributed by atoms with Gasteiger partial charge in [-0.2, -0.15) is 5.26 Å². The fourth-order valence-electron chi connectivity index (χ4n) is 0.973. The molecular weight excluding hydrogens is 152 g/mol. The predicted molar refractivity (Wildman–Crippen MR) is 46.4 cm³/mol. The molecule has 1 aliphatic carbocycles. The van der Waals surface area contributed by atoms with Crippen LogP contribution in [0.5, 0.6) is 0 Å². The highest BCUT2D eigenvalue weighted by Gasteiger charge is 2.22. The second-order valence-electron chi connectivity index (χ2n) is 3.81. The van der Waals surface area contributed by atoms with E-state index in [1.165, 1.54) is 12.8 Å². The van der Waals surface area contributed by atoms with Crippen molar-refractivity contribution in [3.63, 3.8) is 0 Å². The molecule has 1 saturated carbocycles. The molecule has 0 heterocycles. The van der Waals surface area contributed by atoms with Crippen LogP contribution >= 0.6 is 0 Å². The zero-order valence-corrected chi connectivity index (χ0v) is 7.55. The minimum atomic E-state index is -0.816. The Morgan fingerprint density at radius 2 is 2.33 bits per heavy atom. The SMILES string of the molecule is CC(N)(C#N)COCCC1CC1. The second kappa shape index (κ2) is 3.88. The van der Waals surface area contributed by atoms with Crippen LogP contribution in [0.25, 0.3) is 0 Å². The van der Waals surface area contributed by atoms with Crippen molar-refractivity contribution in [3.05, 3.63) is 0 Å². The van der Waals surface area contributed by atoms with Crippen LogP contribution in [-0.4, -0.2) is 18.8 Å². The number of nitrogens with zero attached hydrogens (tertiary/aromatic N) is 1. The van der Waals surface area contributed by atoms with Gasteiger partial charge in [-0.1, -0.05) is 12.8 Å². The summed E-state index contributed by atoms with van der Waals surface area (Å²) in [4.78, 5) is 0. The first kappa shape index (κ1) is 9.50. The summed E-state index contributed by atoms with van der Waals surface area (Å²) in [7, 11) is 0. The van der Waals surface area contributed by atoms with Gasteiger partial charge in [0, 0.05) is 6.61 Å². The molecule has 0 aliphatic heterocycles. The molecule has 0 aromatic rings. The van der Waals surface area contributed by atoms with Crippen molar-refractivity contribution in [2.24, 2.45) is 11.7 Å². The number of ether oxygens (including phenoxy) is 1. The molecule has 68 valence electrons. The number of nitrogens with two attached hydrogens (primary N) is 1. The maximum Gasteiger partial charge on any atom is 0.124 e. The van der Waals surface area contributed by atoms with Gasteiger partial charge in [0.1, 0.15) is 5.54 Å². The van der Waals surface area contributed by atoms with Gasteiger partial charge >= 0.3 is 0 Å². The highest BCUT2D eigenvalue weighted by atomic mass is 16.5. The highest BCUT2D eigenvalue weighted by Crippen LogP contribution is 2.32. The molecule has 0 aromatic heterocycles. The molecule has 12 heavy (non-hydrogen) atoms. The molecule has 1 aliphatic rings. The van der Waals surface area contributed by atoms with Crippen molar-refractivity contribution in [3.8, 4) is 6.07 Å². The Morgan fingerprint density at radius 1 is 1.67 bits per heavy atom. The quantitative estimate of drug-likeness (QED) is 0.624. The molecule has 0 saturated heterocycles. The fraction of sp³-hybridized carbons (Fsp3) is 0.889. The lowest BCUT2D eigenvalue weighted by Gasteiger charge is -2.14. The van der Waals surface area contributed by atoms with Crippen molar-refractivity contribution in [1.82, 2.24) is 0 Å². The average molecular weight is 168 g/mol. The van der Waals surface area contributed by atoms with E-state index in [2.05, 4.69) is 0 Å². The van der Waals surface area contributed by atoms with E-state index in [4.69, 9.17) is 15.7 Å². The molecule has 2 N–H and O–H groups in total. The van der Waals surface area contributed by atoms with Crippen molar-refractivity contribution >= 4 is 0 Å². The Morgan fingerprint density at radius 3 is 2.83 bits per heavy atom. The molecule has 0 spiro atoms. The molecular formula is C9H16N2O. The number of rotatable bonds is 5. The summed E-state index contributed by atoms with van der Waals surface area (Å²) in [6.07, 6.45) is 3.82. The summed E-state index contributed by atoms with van der Waals surface area (Å²) in [5, 5.41) is 8.56. The van der Waals surface area contributed by atoms with E-state index in [1.54, 1.807) is 6.92 Å². The maximum atomic E-state index is 8.56. The second-order valence-corrected chi connectivity index (χ2v) is 3.81. The maximum absolute atomic E-state index is 8.56. The average Bonchev–Trinajstić information content (AvgIpc) is 2.82. The van der Waals surface area contributed by atoms with Crippen LogP contribution in [0, 0.1) is 17.2 Å². The molecule has 1 atom stereocenters. The Balaban J connectivity index is 1.97. The van der Waals surface area contributed by atoms with Gasteiger partial charge in [0.05, 0.1) is 12.7 Å². The number of hydrogen-bond acceptors (Lipinski definition) is 3. The summed E-state index contributed by atoms with van der Waals surface area (Å²) in [5.74, 6) is 0.885. The van der Waals surface area contributed by atoms with Crippen LogP contribution in [-0.2, 0) is 4.74 Å². The smallest absolute Gasteiger partial charge is 0.124 e. The molecule has 3 nitrogen and oxygen atoms in total. The Bertz CT molecular complexity index is 179. The van der Waals surface area contributed by atoms with Crippen LogP contribution in [0.15, 0.2) is 0 Å². The summed E-state index contributed by atoms with van der Waals surface area (Å²) < 4.78 is 5.29. The van der Waals surface area contributed by atoms with E-state index in [-0.39, 0.29) is 0 Å². The van der Waals surface area contributed by atoms with Gasteiger partial charge < -0.3 is 10.5 Å². The van der Waals surface area contributed by atoms with E-state index in [0.717, 1.165) is 18.9 Å². The summed E-state index contributed by atoms with van der Waals surface area (Å²) in [5.41, 5.74) is 4.75. The van der Waals surface area contributed by atoms with Gasteiger partial charge in [0.2, 0.25) is 0 Å². The third kappa shape index (κ3) is 3.70. The number of nitriles is 1. The molecule has 1 unspecified atom stereocenters. The lowest BCUT2D eigenvalue weighted by molar-refractivity contribution is 0.103. The van der Waals surface area contributed by atoms with Crippen LogP contribution in [0.3, 0.4) is 0 Å². The third-order valence-corrected chi connectivity index (χ3v) is 2.02. The van der Waals surface area contributed by atoms with E-state index in [1.807, 2.05) is 6.07 Å². The van der Waals surface area contributed by atoms with Crippen molar-refractivity contribution < 1.29 is 4.74 Å². The Hall–Kier alpha value is -0.590. The largest absolute Gasteiger partial charge is 0.378 e. The van der Waals surface area contributed by atoms with Gasteiger partial charge in [0.25, 0.3) is 0 Å². The predicted octanol–water partition coefficient (Wildman–Crippen LogP) is 1.04. The summed E-state index contributed by atoms with van der Waals surface area (Å²) >= 11 is 0. The van der Waals surface area contributed by atoms with Crippen molar-refractivity contribution in [1.29, 1.82) is 5.26 Å². The first-order valence-electron chi connectivity index (χ1n) is 4.42. The molecule has 1 fully saturated rings. The standard InChI is InChI=1S/C9H16N2O/c1-9(11,6-10)7-12-5-4-8-2-3-8/h8H,2-5,7,11H2,1H3. The Kier molecular flexibility index (Phi) is 3.07. The van der Waals surface area contributed by atoms with E-state index >= 15 is 0 Å². The topological polar surface area (TPSA) is 59.0 Å². The number of hydrogen-bond donors (Lipinski definition) is 1. The fourth-order valence-corrected chi connectivity index (χ4v) is 0.973. The van der Waals surface area contributed by atoms with Crippen molar-refractivity contribution in [2.75, 3.05) is 13.2 Å². The van der Waals surface area contributed by atoms with E-state index < -0.39 is 5.54 Å². The van der Waals surface area contributed by atoms with Gasteiger partial charge in [-0.05, 0) is 19.3 Å². The van der Waals surface area contributed by atoms with Gasteiger partial charge in [-0.15, -0.1) is 0 Å². The van der Waals surface area contributed by atoms with Gasteiger partial charge in [0.15, 0.2) is 0 Å². The normalized spacial score (nSPS) is 21.4. The van der Waals surface area contributed by atoms with Gasteiger partial charge in [-0.25, -0.2) is 0 Å². The zero-order chi connectivity index (χ0) is 9.03. The molecule has 0 aromatic carbocycles. The monoisotopic (exact) mass is 168 g/mol. The molecule has 1 rings (SSSR count).